The maximum Gasteiger partial charge on any atom is 0.306 e. The molecule has 6 nitrogen and oxygen atoms in total. The largest absolute Gasteiger partial charge is 0.462 e. The zero-order chi connectivity index (χ0) is 53.6. The van der Waals surface area contributed by atoms with Gasteiger partial charge < -0.3 is 14.2 Å². The lowest BCUT2D eigenvalue weighted by atomic mass is 10.1. The molecule has 0 bridgehead atoms. The van der Waals surface area contributed by atoms with Gasteiger partial charge in [-0.3, -0.25) is 14.4 Å². The van der Waals surface area contributed by atoms with E-state index in [0.717, 1.165) is 83.5 Å². The predicted octanol–water partition coefficient (Wildman–Crippen LogP) is 21.3. The summed E-state index contributed by atoms with van der Waals surface area (Å²) in [6.45, 7) is 6.55. The van der Waals surface area contributed by atoms with Crippen LogP contribution in [0.4, 0.5) is 0 Å². The highest BCUT2D eigenvalue weighted by atomic mass is 16.6. The molecule has 0 fully saturated rings. The second-order valence-corrected chi connectivity index (χ2v) is 20.8. The topological polar surface area (TPSA) is 78.9 Å². The van der Waals surface area contributed by atoms with Crippen LogP contribution in [0.5, 0.6) is 0 Å². The molecule has 0 aliphatic rings. The molecule has 0 aromatic carbocycles. The van der Waals surface area contributed by atoms with E-state index < -0.39 is 6.10 Å². The normalized spacial score (nSPS) is 12.7. The van der Waals surface area contributed by atoms with Crippen molar-refractivity contribution in [2.75, 3.05) is 13.2 Å². The fourth-order valence-corrected chi connectivity index (χ4v) is 8.67. The van der Waals surface area contributed by atoms with Gasteiger partial charge in [-0.1, -0.05) is 279 Å². The summed E-state index contributed by atoms with van der Waals surface area (Å²) in [6.07, 6.45) is 82.5. The minimum Gasteiger partial charge on any atom is -0.462 e. The number of hydrogen-bond donors (Lipinski definition) is 0. The molecule has 0 aromatic rings. The molecule has 424 valence electrons. The molecule has 0 aliphatic heterocycles. The van der Waals surface area contributed by atoms with Crippen molar-refractivity contribution in [3.63, 3.8) is 0 Å². The van der Waals surface area contributed by atoms with Crippen molar-refractivity contribution < 1.29 is 28.6 Å². The lowest BCUT2D eigenvalue weighted by molar-refractivity contribution is -0.167. The van der Waals surface area contributed by atoms with Crippen molar-refractivity contribution in [1.82, 2.24) is 0 Å². The Balaban J connectivity index is 4.44. The number of hydrogen-bond acceptors (Lipinski definition) is 6. The van der Waals surface area contributed by atoms with Gasteiger partial charge >= 0.3 is 17.9 Å². The summed E-state index contributed by atoms with van der Waals surface area (Å²) in [4.78, 5) is 38.3. The van der Waals surface area contributed by atoms with Crippen molar-refractivity contribution >= 4 is 17.9 Å². The van der Waals surface area contributed by atoms with E-state index in [1.807, 2.05) is 0 Å². The van der Waals surface area contributed by atoms with Crippen LogP contribution in [0.2, 0.25) is 0 Å². The molecule has 0 rings (SSSR count). The van der Waals surface area contributed by atoms with Crippen LogP contribution in [0.15, 0.2) is 97.2 Å². The average molecular weight is 1030 g/mol. The Bertz CT molecular complexity index is 1460. The number of esters is 3. The molecule has 0 heterocycles. The van der Waals surface area contributed by atoms with Gasteiger partial charge in [0.25, 0.3) is 0 Å². The second-order valence-electron chi connectivity index (χ2n) is 20.8. The molecule has 1 unspecified atom stereocenters. The third-order valence-electron chi connectivity index (χ3n) is 13.4. The predicted molar refractivity (Wildman–Crippen MR) is 320 cm³/mol. The lowest BCUT2D eigenvalue weighted by Crippen LogP contribution is -2.30. The Morgan fingerprint density at radius 3 is 0.770 bits per heavy atom. The van der Waals surface area contributed by atoms with Crippen molar-refractivity contribution in [3.8, 4) is 0 Å². The maximum absolute atomic E-state index is 12.9. The number of carbonyl (C=O) groups is 3. The second kappa shape index (κ2) is 61.9. The van der Waals surface area contributed by atoms with Gasteiger partial charge in [0.05, 0.1) is 0 Å². The van der Waals surface area contributed by atoms with E-state index in [9.17, 15) is 14.4 Å². The Morgan fingerprint density at radius 1 is 0.270 bits per heavy atom. The summed E-state index contributed by atoms with van der Waals surface area (Å²) < 4.78 is 16.9. The number of unbranched alkanes of at least 4 members (excludes halogenated alkanes) is 34. The zero-order valence-electron chi connectivity index (χ0n) is 48.6. The zero-order valence-corrected chi connectivity index (χ0v) is 48.6. The Morgan fingerprint density at radius 2 is 0.486 bits per heavy atom. The Kier molecular flexibility index (Phi) is 58.8. The van der Waals surface area contributed by atoms with Gasteiger partial charge in [0.15, 0.2) is 6.10 Å². The monoisotopic (exact) mass is 1030 g/mol. The first kappa shape index (κ1) is 70.3. The number of rotatable bonds is 56. The highest BCUT2D eigenvalue weighted by Crippen LogP contribution is 2.16. The number of carbonyl (C=O) groups excluding carboxylic acids is 3. The van der Waals surface area contributed by atoms with E-state index >= 15 is 0 Å². The fourth-order valence-electron chi connectivity index (χ4n) is 8.67. The molecular weight excluding hydrogens is 913 g/mol. The van der Waals surface area contributed by atoms with E-state index in [1.165, 1.54) is 173 Å². The Hall–Kier alpha value is -3.67. The number of allylic oxidation sites excluding steroid dienone is 16. The lowest BCUT2D eigenvalue weighted by Gasteiger charge is -2.18. The molecule has 0 aliphatic carbocycles. The van der Waals surface area contributed by atoms with Gasteiger partial charge in [-0.25, -0.2) is 0 Å². The van der Waals surface area contributed by atoms with E-state index in [4.69, 9.17) is 14.2 Å². The first-order chi connectivity index (χ1) is 36.5. The summed E-state index contributed by atoms with van der Waals surface area (Å²) in [5.41, 5.74) is 0. The minimum atomic E-state index is -0.793. The van der Waals surface area contributed by atoms with E-state index in [-0.39, 0.29) is 31.1 Å². The van der Waals surface area contributed by atoms with Crippen molar-refractivity contribution in [2.24, 2.45) is 0 Å². The van der Waals surface area contributed by atoms with Crippen LogP contribution in [0.3, 0.4) is 0 Å². The average Bonchev–Trinajstić information content (AvgIpc) is 3.40. The van der Waals surface area contributed by atoms with Gasteiger partial charge in [0.2, 0.25) is 0 Å². The van der Waals surface area contributed by atoms with Crippen molar-refractivity contribution in [2.45, 2.75) is 303 Å². The van der Waals surface area contributed by atoms with Gasteiger partial charge in [0.1, 0.15) is 13.2 Å². The summed E-state index contributed by atoms with van der Waals surface area (Å²) in [7, 11) is 0. The van der Waals surface area contributed by atoms with E-state index in [1.54, 1.807) is 0 Å². The molecule has 74 heavy (non-hydrogen) atoms. The molecule has 0 N–H and O–H groups in total. The van der Waals surface area contributed by atoms with Crippen LogP contribution in [-0.4, -0.2) is 37.2 Å². The van der Waals surface area contributed by atoms with E-state index in [0.29, 0.717) is 19.3 Å². The van der Waals surface area contributed by atoms with Gasteiger partial charge in [0, 0.05) is 19.3 Å². The molecule has 0 saturated carbocycles. The minimum absolute atomic E-state index is 0.0883. The van der Waals surface area contributed by atoms with Crippen molar-refractivity contribution in [1.29, 1.82) is 0 Å². The van der Waals surface area contributed by atoms with Gasteiger partial charge in [-0.2, -0.15) is 0 Å². The smallest absolute Gasteiger partial charge is 0.306 e. The first-order valence-electron chi connectivity index (χ1n) is 31.3. The molecule has 0 radical (unpaired) electrons. The van der Waals surface area contributed by atoms with Crippen LogP contribution < -0.4 is 0 Å². The molecule has 1 atom stereocenters. The van der Waals surface area contributed by atoms with Gasteiger partial charge in [-0.15, -0.1) is 0 Å². The number of ether oxygens (including phenoxy) is 3. The van der Waals surface area contributed by atoms with Crippen LogP contribution >= 0.6 is 0 Å². The molecule has 0 aromatic heterocycles. The molecular formula is C68H116O6. The van der Waals surface area contributed by atoms with Crippen LogP contribution in [0, 0.1) is 0 Å². The fraction of sp³-hybridized carbons (Fsp3) is 0.721. The summed E-state index contributed by atoms with van der Waals surface area (Å²) in [5.74, 6) is -0.910. The first-order valence-corrected chi connectivity index (χ1v) is 31.3. The SMILES string of the molecule is CCCCC\C=C/C=C\C=C/C=C\CCCCCCCC(=O)OCC(COC(=O)CCCCCCCCCCCC/C=C\C=C/CCCCC)OC(=O)CCCCCCCCCCCC/C=C\C=C/CCCCC. The quantitative estimate of drug-likeness (QED) is 0.0261. The van der Waals surface area contributed by atoms with Crippen LogP contribution in [0.25, 0.3) is 0 Å². The summed E-state index contributed by atoms with van der Waals surface area (Å²) in [5, 5.41) is 0. The molecule has 6 heteroatoms. The molecule has 0 saturated heterocycles. The Labute approximate surface area is 457 Å². The highest BCUT2D eigenvalue weighted by Gasteiger charge is 2.19. The van der Waals surface area contributed by atoms with E-state index in [2.05, 4.69) is 118 Å². The van der Waals surface area contributed by atoms with Gasteiger partial charge in [-0.05, 0) is 96.3 Å². The highest BCUT2D eigenvalue weighted by molar-refractivity contribution is 5.71. The third kappa shape index (κ3) is 59.2. The molecule has 0 spiro atoms. The molecule has 0 amide bonds. The third-order valence-corrected chi connectivity index (χ3v) is 13.4. The van der Waals surface area contributed by atoms with Crippen LogP contribution in [0.1, 0.15) is 297 Å². The maximum atomic E-state index is 12.9. The summed E-state index contributed by atoms with van der Waals surface area (Å²) >= 11 is 0. The standard InChI is InChI=1S/C68H116O6/c1-4-7-10-13-16-19-22-25-28-31-34-37-40-43-46-49-52-55-58-61-67(70)73-64-65(63-72-66(69)60-57-54-51-48-45-42-39-36-33-30-27-24-21-18-15-12-9-6-3)74-68(71)62-59-56-53-50-47-44-41-38-35-32-29-26-23-20-17-14-11-8-5-2/h16-27,30,33,36,39,65H,4-15,28-29,31-32,34-35,37-38,40-64H2,1-3H3/b19-16-,20-17-,21-18-,25-22-,26-23-,27-24-,33-30-,39-36-. The van der Waals surface area contributed by atoms with Crippen molar-refractivity contribution in [3.05, 3.63) is 97.2 Å². The van der Waals surface area contributed by atoms with Crippen LogP contribution in [-0.2, 0) is 28.6 Å². The summed E-state index contributed by atoms with van der Waals surface area (Å²) in [6, 6.07) is 0.